The number of thiazole rings is 1. The van der Waals surface area contributed by atoms with Gasteiger partial charge in [0.15, 0.2) is 0 Å². The van der Waals surface area contributed by atoms with E-state index in [1.54, 1.807) is 17.5 Å². The van der Waals surface area contributed by atoms with Crippen LogP contribution in [0.15, 0.2) is 17.8 Å². The highest BCUT2D eigenvalue weighted by Gasteiger charge is 2.05. The van der Waals surface area contributed by atoms with Crippen molar-refractivity contribution in [1.82, 2.24) is 15.3 Å². The average Bonchev–Trinajstić information content (AvgIpc) is 2.85. The van der Waals surface area contributed by atoms with Gasteiger partial charge >= 0.3 is 0 Å². The molecule has 0 fully saturated rings. The maximum atomic E-state index is 6.10. The van der Waals surface area contributed by atoms with Gasteiger partial charge in [0.25, 0.3) is 0 Å². The molecule has 2 aromatic heterocycles. The van der Waals surface area contributed by atoms with E-state index >= 15 is 0 Å². The Morgan fingerprint density at radius 2 is 2.25 bits per heavy atom. The number of halogens is 1. The van der Waals surface area contributed by atoms with Crippen LogP contribution in [0.5, 0.6) is 5.88 Å². The minimum Gasteiger partial charge on any atom is -0.477 e. The second-order valence-corrected chi connectivity index (χ2v) is 5.70. The first-order valence-electron chi connectivity index (χ1n) is 6.57. The largest absolute Gasteiger partial charge is 0.477 e. The normalized spacial score (nSPS) is 10.8. The van der Waals surface area contributed by atoms with Crippen LogP contribution < -0.4 is 10.1 Å². The second kappa shape index (κ2) is 7.57. The van der Waals surface area contributed by atoms with E-state index in [0.717, 1.165) is 30.8 Å². The molecule has 0 unspecified atom stereocenters. The lowest BCUT2D eigenvalue weighted by Crippen LogP contribution is -2.12. The number of hydrogen-bond acceptors (Lipinski definition) is 5. The van der Waals surface area contributed by atoms with E-state index in [2.05, 4.69) is 22.2 Å². The predicted octanol–water partition coefficient (Wildman–Crippen LogP) is 3.23. The topological polar surface area (TPSA) is 47.0 Å². The molecular formula is C14H18ClN3OS. The molecule has 0 aliphatic heterocycles. The van der Waals surface area contributed by atoms with Gasteiger partial charge in [0, 0.05) is 30.1 Å². The lowest BCUT2D eigenvalue weighted by Gasteiger charge is -2.08. The molecule has 4 nitrogen and oxygen atoms in total. The van der Waals surface area contributed by atoms with Crippen LogP contribution in [0.4, 0.5) is 0 Å². The van der Waals surface area contributed by atoms with Gasteiger partial charge in [-0.1, -0.05) is 18.5 Å². The molecule has 0 spiro atoms. The fraction of sp³-hybridized carbons (Fsp3) is 0.429. The molecule has 0 saturated carbocycles. The summed E-state index contributed by atoms with van der Waals surface area (Å²) in [5, 5.41) is 3.91. The van der Waals surface area contributed by atoms with Crippen LogP contribution in [0.1, 0.15) is 23.1 Å². The zero-order valence-electron chi connectivity index (χ0n) is 11.6. The zero-order valence-corrected chi connectivity index (χ0v) is 13.2. The number of hydrogen-bond donors (Lipinski definition) is 1. The first-order valence-corrected chi connectivity index (χ1v) is 7.83. The fourth-order valence-corrected chi connectivity index (χ4v) is 2.68. The molecule has 6 heteroatoms. The Bertz CT molecular complexity index is 559. The van der Waals surface area contributed by atoms with E-state index in [1.165, 1.54) is 4.88 Å². The summed E-state index contributed by atoms with van der Waals surface area (Å²) in [4.78, 5) is 9.67. The molecule has 0 aliphatic rings. The summed E-state index contributed by atoms with van der Waals surface area (Å²) in [5.41, 5.74) is 3.95. The summed E-state index contributed by atoms with van der Waals surface area (Å²) in [6.45, 7) is 6.30. The summed E-state index contributed by atoms with van der Waals surface area (Å²) < 4.78 is 5.69. The Balaban J connectivity index is 1.91. The predicted molar refractivity (Wildman–Crippen MR) is 82.7 cm³/mol. The second-order valence-electron chi connectivity index (χ2n) is 4.35. The van der Waals surface area contributed by atoms with E-state index < -0.39 is 0 Å². The third-order valence-electron chi connectivity index (χ3n) is 2.90. The lowest BCUT2D eigenvalue weighted by atomic mass is 10.2. The standard InChI is InChI=1S/C14H18ClN3OS/c1-3-16-7-11-6-14(17-8-12(11)15)19-5-4-13-10(2)18-9-20-13/h6,8-9,16H,3-5,7H2,1-2H3. The Morgan fingerprint density at radius 3 is 2.95 bits per heavy atom. The number of pyridine rings is 1. The van der Waals surface area contributed by atoms with Crippen LogP contribution in [0.25, 0.3) is 0 Å². The van der Waals surface area contributed by atoms with Crippen molar-refractivity contribution in [3.8, 4) is 5.88 Å². The van der Waals surface area contributed by atoms with E-state index in [9.17, 15) is 0 Å². The van der Waals surface area contributed by atoms with Crippen LogP contribution in [-0.4, -0.2) is 23.1 Å². The van der Waals surface area contributed by atoms with E-state index in [1.807, 2.05) is 18.5 Å². The Hall–Kier alpha value is -1.17. The Labute approximate surface area is 128 Å². The van der Waals surface area contributed by atoms with Gasteiger partial charge in [0.1, 0.15) is 0 Å². The van der Waals surface area contributed by atoms with Crippen molar-refractivity contribution in [2.45, 2.75) is 26.8 Å². The fourth-order valence-electron chi connectivity index (χ4n) is 1.75. The molecule has 20 heavy (non-hydrogen) atoms. The van der Waals surface area contributed by atoms with Gasteiger partial charge in [0.2, 0.25) is 5.88 Å². The maximum absolute atomic E-state index is 6.10. The van der Waals surface area contributed by atoms with Crippen molar-refractivity contribution >= 4 is 22.9 Å². The molecule has 2 heterocycles. The first kappa shape index (κ1) is 15.2. The highest BCUT2D eigenvalue weighted by molar-refractivity contribution is 7.09. The molecular weight excluding hydrogens is 294 g/mol. The Kier molecular flexibility index (Phi) is 5.76. The van der Waals surface area contributed by atoms with Gasteiger partial charge in [-0.05, 0) is 19.0 Å². The van der Waals surface area contributed by atoms with Gasteiger partial charge < -0.3 is 10.1 Å². The monoisotopic (exact) mass is 311 g/mol. The molecule has 0 amide bonds. The quantitative estimate of drug-likeness (QED) is 0.853. The summed E-state index contributed by atoms with van der Waals surface area (Å²) in [6, 6.07) is 1.89. The van der Waals surface area contributed by atoms with Crippen molar-refractivity contribution < 1.29 is 4.74 Å². The molecule has 0 saturated heterocycles. The van der Waals surface area contributed by atoms with Gasteiger partial charge in [-0.15, -0.1) is 11.3 Å². The molecule has 2 aromatic rings. The van der Waals surface area contributed by atoms with Crippen LogP contribution >= 0.6 is 22.9 Å². The highest BCUT2D eigenvalue weighted by atomic mass is 35.5. The number of ether oxygens (including phenoxy) is 1. The average molecular weight is 312 g/mol. The SMILES string of the molecule is CCNCc1cc(OCCc2scnc2C)ncc1Cl. The third-order valence-corrected chi connectivity index (χ3v) is 4.23. The highest BCUT2D eigenvalue weighted by Crippen LogP contribution is 2.20. The summed E-state index contributed by atoms with van der Waals surface area (Å²) in [7, 11) is 0. The van der Waals surface area contributed by atoms with Gasteiger partial charge in [0.05, 0.1) is 22.8 Å². The molecule has 0 radical (unpaired) electrons. The van der Waals surface area contributed by atoms with Crippen LogP contribution in [0.2, 0.25) is 5.02 Å². The maximum Gasteiger partial charge on any atom is 0.213 e. The van der Waals surface area contributed by atoms with Crippen molar-refractivity contribution in [2.75, 3.05) is 13.2 Å². The molecule has 0 aromatic carbocycles. The third kappa shape index (κ3) is 4.16. The summed E-state index contributed by atoms with van der Waals surface area (Å²) in [5.74, 6) is 0.615. The van der Waals surface area contributed by atoms with E-state index in [4.69, 9.17) is 16.3 Å². The number of nitrogens with one attached hydrogen (secondary N) is 1. The van der Waals surface area contributed by atoms with Gasteiger partial charge in [-0.3, -0.25) is 0 Å². The van der Waals surface area contributed by atoms with Crippen LogP contribution in [0, 0.1) is 6.92 Å². The minimum absolute atomic E-state index is 0.596. The van der Waals surface area contributed by atoms with Crippen LogP contribution in [-0.2, 0) is 13.0 Å². The first-order chi connectivity index (χ1) is 9.70. The summed E-state index contributed by atoms with van der Waals surface area (Å²) in [6.07, 6.45) is 2.49. The number of nitrogens with zero attached hydrogens (tertiary/aromatic N) is 2. The van der Waals surface area contributed by atoms with E-state index in [-0.39, 0.29) is 0 Å². The number of aryl methyl sites for hydroxylation is 1. The van der Waals surface area contributed by atoms with Crippen molar-refractivity contribution in [2.24, 2.45) is 0 Å². The van der Waals surface area contributed by atoms with Crippen molar-refractivity contribution in [3.63, 3.8) is 0 Å². The van der Waals surface area contributed by atoms with Crippen molar-refractivity contribution in [3.05, 3.63) is 38.9 Å². The van der Waals surface area contributed by atoms with Crippen LogP contribution in [0.3, 0.4) is 0 Å². The molecule has 108 valence electrons. The molecule has 2 rings (SSSR count). The lowest BCUT2D eigenvalue weighted by molar-refractivity contribution is 0.310. The minimum atomic E-state index is 0.596. The van der Waals surface area contributed by atoms with E-state index in [0.29, 0.717) is 17.5 Å². The molecule has 0 bridgehead atoms. The molecule has 1 N–H and O–H groups in total. The smallest absolute Gasteiger partial charge is 0.213 e. The number of rotatable bonds is 7. The number of aromatic nitrogens is 2. The van der Waals surface area contributed by atoms with Gasteiger partial charge in [-0.25, -0.2) is 9.97 Å². The summed E-state index contributed by atoms with van der Waals surface area (Å²) >= 11 is 7.76. The van der Waals surface area contributed by atoms with Gasteiger partial charge in [-0.2, -0.15) is 0 Å². The Morgan fingerprint density at radius 1 is 1.40 bits per heavy atom. The molecule has 0 aliphatic carbocycles. The van der Waals surface area contributed by atoms with Crippen molar-refractivity contribution in [1.29, 1.82) is 0 Å². The molecule has 0 atom stereocenters. The zero-order chi connectivity index (χ0) is 14.4.